The van der Waals surface area contributed by atoms with Crippen molar-refractivity contribution in [3.8, 4) is 0 Å². The summed E-state index contributed by atoms with van der Waals surface area (Å²) in [7, 11) is 0. The van der Waals surface area contributed by atoms with E-state index in [-0.39, 0.29) is 0 Å². The molecular formula is C15H20O. The summed E-state index contributed by atoms with van der Waals surface area (Å²) in [6.07, 6.45) is 4.47. The standard InChI is InChI=1S/C15H20O/c1-11(2)9-12-5-3-8-14(10-12)15(16)13-6-4-7-13/h3,5,8,10-11,13H,4,6-7,9H2,1-2H3. The predicted octanol–water partition coefficient (Wildman–Crippen LogP) is 3.87. The molecule has 1 heteroatoms. The van der Waals surface area contributed by atoms with Crippen LogP contribution in [-0.4, -0.2) is 5.78 Å². The van der Waals surface area contributed by atoms with Crippen LogP contribution < -0.4 is 0 Å². The lowest BCUT2D eigenvalue weighted by Crippen LogP contribution is -2.22. The monoisotopic (exact) mass is 216 g/mol. The summed E-state index contributed by atoms with van der Waals surface area (Å²) in [6, 6.07) is 8.19. The van der Waals surface area contributed by atoms with Crippen molar-refractivity contribution in [2.75, 3.05) is 0 Å². The molecule has 0 aromatic heterocycles. The Morgan fingerprint density at radius 2 is 2.12 bits per heavy atom. The van der Waals surface area contributed by atoms with E-state index in [1.54, 1.807) is 0 Å². The average Bonchev–Trinajstić information content (AvgIpc) is 2.14. The summed E-state index contributed by atoms with van der Waals surface area (Å²) >= 11 is 0. The van der Waals surface area contributed by atoms with E-state index in [1.165, 1.54) is 12.0 Å². The summed E-state index contributed by atoms with van der Waals surface area (Å²) in [5.74, 6) is 1.32. The number of ketones is 1. The van der Waals surface area contributed by atoms with E-state index < -0.39 is 0 Å². The molecule has 0 bridgehead atoms. The van der Waals surface area contributed by atoms with Crippen LogP contribution in [0, 0.1) is 11.8 Å². The Morgan fingerprint density at radius 1 is 1.38 bits per heavy atom. The highest BCUT2D eigenvalue weighted by molar-refractivity contribution is 5.98. The van der Waals surface area contributed by atoms with Gasteiger partial charge in [0.25, 0.3) is 0 Å². The lowest BCUT2D eigenvalue weighted by atomic mass is 9.79. The van der Waals surface area contributed by atoms with Crippen molar-refractivity contribution in [3.63, 3.8) is 0 Å². The van der Waals surface area contributed by atoms with Gasteiger partial charge in [0.2, 0.25) is 0 Å². The van der Waals surface area contributed by atoms with Gasteiger partial charge < -0.3 is 0 Å². The molecule has 16 heavy (non-hydrogen) atoms. The molecule has 0 amide bonds. The van der Waals surface area contributed by atoms with Gasteiger partial charge in [-0.05, 0) is 36.8 Å². The van der Waals surface area contributed by atoms with Crippen molar-refractivity contribution < 1.29 is 4.79 Å². The Labute approximate surface area is 97.9 Å². The quantitative estimate of drug-likeness (QED) is 0.698. The Kier molecular flexibility index (Phi) is 3.42. The first-order chi connectivity index (χ1) is 7.66. The smallest absolute Gasteiger partial charge is 0.165 e. The molecule has 0 heterocycles. The Bertz CT molecular complexity index is 375. The van der Waals surface area contributed by atoms with Crippen LogP contribution >= 0.6 is 0 Å². The zero-order valence-corrected chi connectivity index (χ0v) is 10.2. The van der Waals surface area contributed by atoms with Gasteiger partial charge >= 0.3 is 0 Å². The molecule has 0 atom stereocenters. The maximum absolute atomic E-state index is 12.1. The van der Waals surface area contributed by atoms with Crippen LogP contribution in [0.3, 0.4) is 0 Å². The van der Waals surface area contributed by atoms with Gasteiger partial charge in [-0.25, -0.2) is 0 Å². The van der Waals surface area contributed by atoms with Gasteiger partial charge in [-0.1, -0.05) is 38.5 Å². The van der Waals surface area contributed by atoms with Gasteiger partial charge in [0.1, 0.15) is 0 Å². The van der Waals surface area contributed by atoms with Crippen LogP contribution in [0.5, 0.6) is 0 Å². The topological polar surface area (TPSA) is 17.1 Å². The Balaban J connectivity index is 2.11. The van der Waals surface area contributed by atoms with Crippen molar-refractivity contribution >= 4 is 5.78 Å². The van der Waals surface area contributed by atoms with E-state index in [9.17, 15) is 4.79 Å². The lowest BCUT2D eigenvalue weighted by Gasteiger charge is -2.24. The molecule has 0 radical (unpaired) electrons. The molecule has 1 aromatic carbocycles. The molecule has 86 valence electrons. The molecule has 1 fully saturated rings. The van der Waals surface area contributed by atoms with E-state index in [4.69, 9.17) is 0 Å². The van der Waals surface area contributed by atoms with E-state index in [2.05, 4.69) is 26.0 Å². The van der Waals surface area contributed by atoms with Crippen LogP contribution in [0.4, 0.5) is 0 Å². The fourth-order valence-corrected chi connectivity index (χ4v) is 2.23. The minimum atomic E-state index is 0.314. The minimum absolute atomic E-state index is 0.314. The molecule has 0 saturated heterocycles. The highest BCUT2D eigenvalue weighted by Crippen LogP contribution is 2.30. The van der Waals surface area contributed by atoms with E-state index in [0.29, 0.717) is 17.6 Å². The van der Waals surface area contributed by atoms with Gasteiger partial charge in [0, 0.05) is 11.5 Å². The van der Waals surface area contributed by atoms with Crippen molar-refractivity contribution in [2.24, 2.45) is 11.8 Å². The molecule has 1 aliphatic rings. The van der Waals surface area contributed by atoms with E-state index in [0.717, 1.165) is 24.8 Å². The average molecular weight is 216 g/mol. The van der Waals surface area contributed by atoms with E-state index in [1.807, 2.05) is 12.1 Å². The minimum Gasteiger partial charge on any atom is -0.294 e. The number of rotatable bonds is 4. The zero-order valence-electron chi connectivity index (χ0n) is 10.2. The fourth-order valence-electron chi connectivity index (χ4n) is 2.23. The normalized spacial score (nSPS) is 16.2. The number of hydrogen-bond acceptors (Lipinski definition) is 1. The number of Topliss-reactive ketones (excluding diaryl/α,β-unsaturated/α-hetero) is 1. The molecule has 0 spiro atoms. The largest absolute Gasteiger partial charge is 0.294 e. The summed E-state index contributed by atoms with van der Waals surface area (Å²) < 4.78 is 0. The van der Waals surface area contributed by atoms with Crippen LogP contribution in [0.15, 0.2) is 24.3 Å². The highest BCUT2D eigenvalue weighted by Gasteiger charge is 2.26. The second-order valence-electron chi connectivity index (χ2n) is 5.29. The summed E-state index contributed by atoms with van der Waals surface area (Å²) in [5.41, 5.74) is 2.21. The fraction of sp³-hybridized carbons (Fsp3) is 0.533. The number of benzene rings is 1. The van der Waals surface area contributed by atoms with Crippen LogP contribution in [0.2, 0.25) is 0 Å². The maximum Gasteiger partial charge on any atom is 0.165 e. The highest BCUT2D eigenvalue weighted by atomic mass is 16.1. The van der Waals surface area contributed by atoms with Crippen LogP contribution in [0.25, 0.3) is 0 Å². The van der Waals surface area contributed by atoms with Gasteiger partial charge in [-0.15, -0.1) is 0 Å². The summed E-state index contributed by atoms with van der Waals surface area (Å²) in [4.78, 5) is 12.1. The molecular weight excluding hydrogens is 196 g/mol. The molecule has 2 rings (SSSR count). The van der Waals surface area contributed by atoms with Crippen LogP contribution in [0.1, 0.15) is 49.0 Å². The number of carbonyl (C=O) groups is 1. The number of hydrogen-bond donors (Lipinski definition) is 0. The van der Waals surface area contributed by atoms with Crippen molar-refractivity contribution in [1.82, 2.24) is 0 Å². The van der Waals surface area contributed by atoms with Crippen molar-refractivity contribution in [3.05, 3.63) is 35.4 Å². The van der Waals surface area contributed by atoms with Gasteiger partial charge in [-0.2, -0.15) is 0 Å². The molecule has 1 aromatic rings. The van der Waals surface area contributed by atoms with E-state index >= 15 is 0 Å². The summed E-state index contributed by atoms with van der Waals surface area (Å²) in [6.45, 7) is 4.42. The number of carbonyl (C=O) groups excluding carboxylic acids is 1. The Morgan fingerprint density at radius 3 is 2.69 bits per heavy atom. The van der Waals surface area contributed by atoms with Gasteiger partial charge in [0.15, 0.2) is 5.78 Å². The van der Waals surface area contributed by atoms with Gasteiger partial charge in [0.05, 0.1) is 0 Å². The first-order valence-electron chi connectivity index (χ1n) is 6.30. The first kappa shape index (κ1) is 11.4. The molecule has 0 N–H and O–H groups in total. The molecule has 1 saturated carbocycles. The summed E-state index contributed by atoms with van der Waals surface area (Å²) in [5, 5.41) is 0. The molecule has 1 aliphatic carbocycles. The molecule has 1 nitrogen and oxygen atoms in total. The first-order valence-corrected chi connectivity index (χ1v) is 6.30. The molecule has 0 aliphatic heterocycles. The Hall–Kier alpha value is -1.11. The second kappa shape index (κ2) is 4.82. The third kappa shape index (κ3) is 2.52. The molecule has 0 unspecified atom stereocenters. The van der Waals surface area contributed by atoms with Crippen molar-refractivity contribution in [2.45, 2.75) is 39.5 Å². The predicted molar refractivity (Wildman–Crippen MR) is 66.7 cm³/mol. The third-order valence-corrected chi connectivity index (χ3v) is 3.33. The van der Waals surface area contributed by atoms with Crippen LogP contribution in [-0.2, 0) is 6.42 Å². The zero-order chi connectivity index (χ0) is 11.5. The third-order valence-electron chi connectivity index (χ3n) is 3.33. The second-order valence-corrected chi connectivity index (χ2v) is 5.29. The SMILES string of the molecule is CC(C)Cc1cccc(C(=O)C2CCC2)c1. The van der Waals surface area contributed by atoms with Crippen molar-refractivity contribution in [1.29, 1.82) is 0 Å². The lowest BCUT2D eigenvalue weighted by molar-refractivity contribution is 0.0855. The maximum atomic E-state index is 12.1. The van der Waals surface area contributed by atoms with Gasteiger partial charge in [-0.3, -0.25) is 4.79 Å².